The van der Waals surface area contributed by atoms with Crippen LogP contribution in [-0.4, -0.2) is 30.9 Å². The summed E-state index contributed by atoms with van der Waals surface area (Å²) >= 11 is 12.3. The van der Waals surface area contributed by atoms with E-state index in [-0.39, 0.29) is 18.9 Å². The van der Waals surface area contributed by atoms with Crippen molar-refractivity contribution in [1.82, 2.24) is 4.90 Å². The summed E-state index contributed by atoms with van der Waals surface area (Å²) in [5.74, 6) is 0.392. The number of anilines is 1. The van der Waals surface area contributed by atoms with Gasteiger partial charge in [0.15, 0.2) is 0 Å². The summed E-state index contributed by atoms with van der Waals surface area (Å²) < 4.78 is 10.8. The molecule has 1 atom stereocenters. The third-order valence-electron chi connectivity index (χ3n) is 6.20. The van der Waals surface area contributed by atoms with Crippen LogP contribution in [0.25, 0.3) is 0 Å². The van der Waals surface area contributed by atoms with Gasteiger partial charge in [0, 0.05) is 22.7 Å². The second-order valence-corrected chi connectivity index (χ2v) is 9.69. The Morgan fingerprint density at radius 1 is 0.795 bits per heavy atom. The molecule has 4 aromatic carbocycles. The van der Waals surface area contributed by atoms with Crippen molar-refractivity contribution >= 4 is 40.7 Å². The molecule has 6 nitrogen and oxygen atoms in total. The maximum absolute atomic E-state index is 14.0. The molecule has 0 aromatic heterocycles. The van der Waals surface area contributed by atoms with Crippen LogP contribution >= 0.6 is 23.2 Å². The SMILES string of the molecule is COc1ccc(NC(=O)C(c2ccc(Cl)cc2)N(Cc2ccc(Cl)cc2)C(=O)Cc2ccccc2)c(OC)c1. The molecule has 2 amide bonds. The average Bonchev–Trinajstić information content (AvgIpc) is 2.95. The molecule has 200 valence electrons. The van der Waals surface area contributed by atoms with Crippen LogP contribution in [0, 0.1) is 0 Å². The first-order valence-electron chi connectivity index (χ1n) is 12.2. The van der Waals surface area contributed by atoms with E-state index in [1.165, 1.54) is 7.11 Å². The zero-order valence-electron chi connectivity index (χ0n) is 21.6. The minimum Gasteiger partial charge on any atom is -0.497 e. The van der Waals surface area contributed by atoms with Gasteiger partial charge >= 0.3 is 0 Å². The first-order chi connectivity index (χ1) is 18.9. The lowest BCUT2D eigenvalue weighted by Gasteiger charge is -2.32. The van der Waals surface area contributed by atoms with Gasteiger partial charge in [0.05, 0.1) is 26.3 Å². The number of methoxy groups -OCH3 is 2. The molecule has 0 fully saturated rings. The van der Waals surface area contributed by atoms with E-state index >= 15 is 0 Å². The normalized spacial score (nSPS) is 11.4. The number of nitrogens with one attached hydrogen (secondary N) is 1. The van der Waals surface area contributed by atoms with Gasteiger partial charge in [-0.25, -0.2) is 0 Å². The number of carbonyl (C=O) groups is 2. The molecule has 4 rings (SSSR count). The fraction of sp³-hybridized carbons (Fsp3) is 0.161. The van der Waals surface area contributed by atoms with Gasteiger partial charge in [0.2, 0.25) is 5.91 Å². The fourth-order valence-corrected chi connectivity index (χ4v) is 4.45. The molecular formula is C31H28Cl2N2O4. The van der Waals surface area contributed by atoms with Gasteiger partial charge in [-0.2, -0.15) is 0 Å². The lowest BCUT2D eigenvalue weighted by Crippen LogP contribution is -2.41. The summed E-state index contributed by atoms with van der Waals surface area (Å²) in [6, 6.07) is 27.7. The third-order valence-corrected chi connectivity index (χ3v) is 6.70. The predicted molar refractivity (Wildman–Crippen MR) is 155 cm³/mol. The number of nitrogens with zero attached hydrogens (tertiary/aromatic N) is 1. The van der Waals surface area contributed by atoms with Crippen molar-refractivity contribution in [2.45, 2.75) is 19.0 Å². The number of rotatable bonds is 10. The van der Waals surface area contributed by atoms with E-state index in [4.69, 9.17) is 32.7 Å². The summed E-state index contributed by atoms with van der Waals surface area (Å²) in [5.41, 5.74) is 2.73. The molecule has 8 heteroatoms. The Balaban J connectivity index is 1.75. The van der Waals surface area contributed by atoms with E-state index < -0.39 is 11.9 Å². The van der Waals surface area contributed by atoms with Gasteiger partial charge in [-0.3, -0.25) is 9.59 Å². The van der Waals surface area contributed by atoms with Crippen molar-refractivity contribution in [3.63, 3.8) is 0 Å². The van der Waals surface area contributed by atoms with Crippen molar-refractivity contribution < 1.29 is 19.1 Å². The molecule has 1 N–H and O–H groups in total. The van der Waals surface area contributed by atoms with E-state index in [0.29, 0.717) is 32.8 Å². The number of hydrogen-bond acceptors (Lipinski definition) is 4. The van der Waals surface area contributed by atoms with E-state index in [1.54, 1.807) is 66.6 Å². The zero-order valence-corrected chi connectivity index (χ0v) is 23.1. The van der Waals surface area contributed by atoms with Crippen LogP contribution in [0.1, 0.15) is 22.7 Å². The van der Waals surface area contributed by atoms with Crippen LogP contribution in [0.4, 0.5) is 5.69 Å². The first kappa shape index (κ1) is 28.0. The van der Waals surface area contributed by atoms with Crippen molar-refractivity contribution in [2.24, 2.45) is 0 Å². The number of halogens is 2. The summed E-state index contributed by atoms with van der Waals surface area (Å²) in [6.45, 7) is 0.184. The van der Waals surface area contributed by atoms with Gasteiger partial charge in [0.25, 0.3) is 5.91 Å². The number of ether oxygens (including phenoxy) is 2. The quantitative estimate of drug-likeness (QED) is 0.227. The minimum absolute atomic E-state index is 0.123. The monoisotopic (exact) mass is 562 g/mol. The Kier molecular flexibility index (Phi) is 9.47. The Morgan fingerprint density at radius 2 is 1.44 bits per heavy atom. The average molecular weight is 563 g/mol. The molecule has 39 heavy (non-hydrogen) atoms. The van der Waals surface area contributed by atoms with Crippen LogP contribution < -0.4 is 14.8 Å². The Hall–Kier alpha value is -4.00. The first-order valence-corrected chi connectivity index (χ1v) is 13.0. The van der Waals surface area contributed by atoms with E-state index in [1.807, 2.05) is 42.5 Å². The summed E-state index contributed by atoms with van der Waals surface area (Å²) in [6.07, 6.45) is 0.123. The number of amides is 2. The summed E-state index contributed by atoms with van der Waals surface area (Å²) in [5, 5.41) is 4.06. The van der Waals surface area contributed by atoms with Gasteiger partial charge in [-0.05, 0) is 53.1 Å². The van der Waals surface area contributed by atoms with Gasteiger partial charge in [0.1, 0.15) is 17.5 Å². The Morgan fingerprint density at radius 3 is 2.05 bits per heavy atom. The highest BCUT2D eigenvalue weighted by Gasteiger charge is 2.32. The number of benzene rings is 4. The van der Waals surface area contributed by atoms with Crippen LogP contribution in [0.5, 0.6) is 11.5 Å². The molecule has 0 aliphatic rings. The molecule has 0 saturated carbocycles. The highest BCUT2D eigenvalue weighted by molar-refractivity contribution is 6.30. The minimum atomic E-state index is -0.971. The van der Waals surface area contributed by atoms with E-state index in [9.17, 15) is 9.59 Å². The van der Waals surface area contributed by atoms with Crippen molar-refractivity contribution in [1.29, 1.82) is 0 Å². The molecular weight excluding hydrogens is 535 g/mol. The Bertz CT molecular complexity index is 1410. The molecule has 0 bridgehead atoms. The molecule has 0 heterocycles. The van der Waals surface area contributed by atoms with Gasteiger partial charge in [-0.15, -0.1) is 0 Å². The largest absolute Gasteiger partial charge is 0.497 e. The van der Waals surface area contributed by atoms with Gasteiger partial charge < -0.3 is 19.7 Å². The van der Waals surface area contributed by atoms with Crippen molar-refractivity contribution in [3.8, 4) is 11.5 Å². The number of carbonyl (C=O) groups excluding carboxylic acids is 2. The second-order valence-electron chi connectivity index (χ2n) is 8.82. The Labute approximate surface area is 238 Å². The van der Waals surface area contributed by atoms with E-state index in [2.05, 4.69) is 5.32 Å². The highest BCUT2D eigenvalue weighted by atomic mass is 35.5. The fourth-order valence-electron chi connectivity index (χ4n) is 4.20. The standard InChI is InChI=1S/C31H28Cl2N2O4/c1-38-26-16-17-27(28(19-26)39-2)34-31(37)30(23-10-14-25(33)15-11-23)35(20-22-8-12-24(32)13-9-22)29(36)18-21-6-4-3-5-7-21/h3-17,19,30H,18,20H2,1-2H3,(H,34,37). The lowest BCUT2D eigenvalue weighted by molar-refractivity contribution is -0.139. The molecule has 0 aliphatic carbocycles. The molecule has 0 spiro atoms. The zero-order chi connectivity index (χ0) is 27.8. The van der Waals surface area contributed by atoms with Crippen molar-refractivity contribution in [2.75, 3.05) is 19.5 Å². The van der Waals surface area contributed by atoms with Crippen LogP contribution in [0.2, 0.25) is 10.0 Å². The van der Waals surface area contributed by atoms with Crippen LogP contribution in [-0.2, 0) is 22.6 Å². The smallest absolute Gasteiger partial charge is 0.251 e. The molecule has 0 aliphatic heterocycles. The predicted octanol–water partition coefficient (Wildman–Crippen LogP) is 6.96. The van der Waals surface area contributed by atoms with Crippen LogP contribution in [0.3, 0.4) is 0 Å². The molecule has 0 radical (unpaired) electrons. The number of hydrogen-bond donors (Lipinski definition) is 1. The highest BCUT2D eigenvalue weighted by Crippen LogP contribution is 2.32. The summed E-state index contributed by atoms with van der Waals surface area (Å²) in [7, 11) is 3.06. The topological polar surface area (TPSA) is 67.9 Å². The van der Waals surface area contributed by atoms with Crippen LogP contribution in [0.15, 0.2) is 97.1 Å². The maximum atomic E-state index is 14.0. The third kappa shape index (κ3) is 7.31. The van der Waals surface area contributed by atoms with Gasteiger partial charge in [-0.1, -0.05) is 77.8 Å². The van der Waals surface area contributed by atoms with E-state index in [0.717, 1.165) is 11.1 Å². The molecule has 0 saturated heterocycles. The summed E-state index contributed by atoms with van der Waals surface area (Å²) in [4.78, 5) is 29.5. The maximum Gasteiger partial charge on any atom is 0.251 e. The lowest BCUT2D eigenvalue weighted by atomic mass is 10.0. The second kappa shape index (κ2) is 13.2. The van der Waals surface area contributed by atoms with Crippen molar-refractivity contribution in [3.05, 3.63) is 124 Å². The molecule has 1 unspecified atom stereocenters. The molecule has 4 aromatic rings.